The lowest BCUT2D eigenvalue weighted by Crippen LogP contribution is -2.31. The monoisotopic (exact) mass is 443 g/mol. The van der Waals surface area contributed by atoms with E-state index < -0.39 is 10.0 Å². The van der Waals surface area contributed by atoms with Gasteiger partial charge in [-0.1, -0.05) is 98.3 Å². The number of hydrogen-bond acceptors (Lipinski definition) is 2. The van der Waals surface area contributed by atoms with Gasteiger partial charge in [0.25, 0.3) is 10.0 Å². The van der Waals surface area contributed by atoms with Crippen LogP contribution >= 0.6 is 0 Å². The van der Waals surface area contributed by atoms with Gasteiger partial charge in [-0.2, -0.15) is 0 Å². The third-order valence-electron chi connectivity index (χ3n) is 5.19. The van der Waals surface area contributed by atoms with Crippen molar-refractivity contribution >= 4 is 27.9 Å². The summed E-state index contributed by atoms with van der Waals surface area (Å²) in [6.07, 6.45) is 6.29. The van der Waals surface area contributed by atoms with Gasteiger partial charge in [0.2, 0.25) is 0 Å². The number of anilines is 1. The first-order valence-corrected chi connectivity index (χ1v) is 12.2. The van der Waals surface area contributed by atoms with E-state index in [1.54, 1.807) is 12.1 Å². The van der Waals surface area contributed by atoms with Crippen LogP contribution in [0.5, 0.6) is 0 Å². The van der Waals surface area contributed by atoms with Gasteiger partial charge in [-0.15, -0.1) is 5.73 Å². The Kier molecular flexibility index (Phi) is 7.88. The molecule has 3 aromatic carbocycles. The first-order chi connectivity index (χ1) is 15.5. The molecule has 3 rings (SSSR count). The van der Waals surface area contributed by atoms with E-state index in [0.717, 1.165) is 29.5 Å². The van der Waals surface area contributed by atoms with Crippen LogP contribution in [-0.2, 0) is 10.0 Å². The molecule has 0 aliphatic heterocycles. The average Bonchev–Trinajstić information content (AvgIpc) is 2.81. The van der Waals surface area contributed by atoms with E-state index >= 15 is 0 Å². The van der Waals surface area contributed by atoms with Gasteiger partial charge >= 0.3 is 0 Å². The smallest absolute Gasteiger partial charge is 0.230 e. The molecule has 0 radical (unpaired) electrons. The standard InChI is InChI=1S/C28H29NO2S/c1-4-6-15-26(5-2)29(32(30,31)27-21-17-23(3)18-22-27)28-16-11-10-14-25(28)20-19-24-12-8-7-9-13-24/h7-14,16-22H,2,4,6,15H2,1,3H3. The second kappa shape index (κ2) is 10.8. The number of aryl methyl sites for hydroxylation is 1. The molecule has 0 amide bonds. The number of unbranched alkanes of at least 4 members (excludes halogenated alkanes) is 1. The molecule has 0 heterocycles. The summed E-state index contributed by atoms with van der Waals surface area (Å²) in [5, 5.41) is 0. The molecule has 32 heavy (non-hydrogen) atoms. The van der Waals surface area contributed by atoms with Gasteiger partial charge in [0.1, 0.15) is 0 Å². The fourth-order valence-corrected chi connectivity index (χ4v) is 4.97. The van der Waals surface area contributed by atoms with E-state index in [1.165, 1.54) is 4.31 Å². The van der Waals surface area contributed by atoms with Gasteiger partial charge in [-0.25, -0.2) is 12.7 Å². The van der Waals surface area contributed by atoms with Crippen LogP contribution in [0.25, 0.3) is 12.2 Å². The third-order valence-corrected chi connectivity index (χ3v) is 6.95. The van der Waals surface area contributed by atoms with Gasteiger partial charge in [-0.05, 0) is 49.1 Å². The molecule has 0 spiro atoms. The van der Waals surface area contributed by atoms with Crippen molar-refractivity contribution in [3.8, 4) is 0 Å². The molecule has 0 unspecified atom stereocenters. The van der Waals surface area contributed by atoms with Gasteiger partial charge < -0.3 is 0 Å². The minimum Gasteiger partial charge on any atom is -0.230 e. The maximum absolute atomic E-state index is 13.8. The van der Waals surface area contributed by atoms with Gasteiger partial charge in [0.05, 0.1) is 16.3 Å². The van der Waals surface area contributed by atoms with Crippen molar-refractivity contribution in [3.63, 3.8) is 0 Å². The molecule has 4 heteroatoms. The Hall–Kier alpha value is -3.33. The third kappa shape index (κ3) is 5.47. The van der Waals surface area contributed by atoms with Gasteiger partial charge in [-0.3, -0.25) is 0 Å². The number of rotatable bonds is 9. The number of para-hydroxylation sites is 1. The highest BCUT2D eigenvalue weighted by Gasteiger charge is 2.29. The van der Waals surface area contributed by atoms with E-state index in [4.69, 9.17) is 0 Å². The normalized spacial score (nSPS) is 11.3. The number of benzene rings is 3. The predicted octanol–water partition coefficient (Wildman–Crippen LogP) is 7.22. The summed E-state index contributed by atoms with van der Waals surface area (Å²) in [6.45, 7) is 7.84. The molecule has 0 aliphatic carbocycles. The molecule has 3 nitrogen and oxygen atoms in total. The summed E-state index contributed by atoms with van der Waals surface area (Å²) < 4.78 is 29.1. The first kappa shape index (κ1) is 23.3. The van der Waals surface area contributed by atoms with Crippen molar-refractivity contribution < 1.29 is 8.42 Å². The SMILES string of the molecule is C=C=C(CCCC)N(c1ccccc1C=Cc1ccccc1)S(=O)(=O)c1ccc(C)cc1. The average molecular weight is 444 g/mol. The highest BCUT2D eigenvalue weighted by Crippen LogP contribution is 2.33. The van der Waals surface area contributed by atoms with E-state index in [9.17, 15) is 8.42 Å². The molecule has 0 N–H and O–H groups in total. The lowest BCUT2D eigenvalue weighted by molar-refractivity contribution is 0.593. The van der Waals surface area contributed by atoms with E-state index in [2.05, 4.69) is 19.2 Å². The Balaban J connectivity index is 2.15. The number of hydrogen-bond donors (Lipinski definition) is 0. The minimum atomic E-state index is -3.86. The molecule has 0 aliphatic rings. The van der Waals surface area contributed by atoms with Crippen LogP contribution in [0.4, 0.5) is 5.69 Å². The van der Waals surface area contributed by atoms with Crippen LogP contribution in [0.2, 0.25) is 0 Å². The Morgan fingerprint density at radius 1 is 0.938 bits per heavy atom. The number of sulfonamides is 1. The fraction of sp³-hybridized carbons (Fsp3) is 0.179. The first-order valence-electron chi connectivity index (χ1n) is 10.8. The molecule has 0 fully saturated rings. The van der Waals surface area contributed by atoms with Crippen molar-refractivity contribution in [2.45, 2.75) is 38.0 Å². The summed E-state index contributed by atoms with van der Waals surface area (Å²) in [6, 6.07) is 24.4. The van der Waals surface area contributed by atoms with Crippen LogP contribution in [0.1, 0.15) is 42.9 Å². The maximum Gasteiger partial charge on any atom is 0.268 e. The summed E-state index contributed by atoms with van der Waals surface area (Å²) in [5.74, 6) is 0. The summed E-state index contributed by atoms with van der Waals surface area (Å²) in [7, 11) is -3.86. The van der Waals surface area contributed by atoms with Crippen LogP contribution in [0.3, 0.4) is 0 Å². The van der Waals surface area contributed by atoms with E-state index in [0.29, 0.717) is 17.8 Å². The van der Waals surface area contributed by atoms with Crippen LogP contribution in [-0.4, -0.2) is 8.42 Å². The van der Waals surface area contributed by atoms with Crippen LogP contribution in [0, 0.1) is 6.92 Å². The number of allylic oxidation sites excluding steroid dienone is 1. The van der Waals surface area contributed by atoms with E-state index in [1.807, 2.05) is 85.8 Å². The summed E-state index contributed by atoms with van der Waals surface area (Å²) >= 11 is 0. The molecule has 0 bridgehead atoms. The highest BCUT2D eigenvalue weighted by atomic mass is 32.2. The molecular formula is C28H29NO2S. The summed E-state index contributed by atoms with van der Waals surface area (Å²) in [4.78, 5) is 0.245. The Morgan fingerprint density at radius 2 is 1.59 bits per heavy atom. The zero-order valence-electron chi connectivity index (χ0n) is 18.7. The fourth-order valence-electron chi connectivity index (χ4n) is 3.41. The van der Waals surface area contributed by atoms with E-state index in [-0.39, 0.29) is 4.90 Å². The largest absolute Gasteiger partial charge is 0.268 e. The Labute approximate surface area is 192 Å². The predicted molar refractivity (Wildman–Crippen MR) is 135 cm³/mol. The second-order valence-electron chi connectivity index (χ2n) is 7.61. The Bertz CT molecular complexity index is 1220. The molecular weight excluding hydrogens is 414 g/mol. The molecule has 164 valence electrons. The topological polar surface area (TPSA) is 37.4 Å². The quantitative estimate of drug-likeness (QED) is 0.259. The molecule has 0 saturated heterocycles. The maximum atomic E-state index is 13.8. The van der Waals surface area contributed by atoms with Crippen LogP contribution in [0.15, 0.2) is 102 Å². The Morgan fingerprint density at radius 3 is 2.25 bits per heavy atom. The molecule has 0 saturated carbocycles. The molecule has 0 aromatic heterocycles. The van der Waals surface area contributed by atoms with Crippen molar-refractivity contribution in [1.29, 1.82) is 0 Å². The zero-order chi connectivity index (χ0) is 23.0. The highest BCUT2D eigenvalue weighted by molar-refractivity contribution is 7.93. The van der Waals surface area contributed by atoms with Crippen molar-refractivity contribution in [2.75, 3.05) is 4.31 Å². The lowest BCUT2D eigenvalue weighted by Gasteiger charge is -2.27. The van der Waals surface area contributed by atoms with Gasteiger partial charge in [0.15, 0.2) is 0 Å². The minimum absolute atomic E-state index is 0.245. The van der Waals surface area contributed by atoms with Crippen molar-refractivity contribution in [1.82, 2.24) is 0 Å². The molecule has 3 aromatic rings. The summed E-state index contributed by atoms with van der Waals surface area (Å²) in [5.41, 5.74) is 6.90. The molecule has 0 atom stereocenters. The lowest BCUT2D eigenvalue weighted by atomic mass is 10.1. The van der Waals surface area contributed by atoms with Crippen LogP contribution < -0.4 is 4.31 Å². The van der Waals surface area contributed by atoms with Crippen molar-refractivity contribution in [3.05, 3.63) is 114 Å². The van der Waals surface area contributed by atoms with Crippen molar-refractivity contribution in [2.24, 2.45) is 0 Å². The second-order valence-corrected chi connectivity index (χ2v) is 9.40. The number of nitrogens with zero attached hydrogens (tertiary/aromatic N) is 1. The zero-order valence-corrected chi connectivity index (χ0v) is 19.5. The van der Waals surface area contributed by atoms with Gasteiger partial charge in [0, 0.05) is 0 Å².